The van der Waals surface area contributed by atoms with Gasteiger partial charge in [0.25, 0.3) is 5.56 Å². The first-order valence-electron chi connectivity index (χ1n) is 8.26. The molecule has 1 saturated carbocycles. The summed E-state index contributed by atoms with van der Waals surface area (Å²) in [6.07, 6.45) is 3.34. The van der Waals surface area contributed by atoms with Gasteiger partial charge in [0.1, 0.15) is 0 Å². The standard InChI is InChI=1S/C16H28N2O3SSi/c1-11-9-18(16(21)17-15(11)20)13-7-12(10-19)14(8-13)22-5-6-23(2,3)4/h9,12-14,19H,5-8,10H2,1-4H3,(H,17,20,21)/t12-,13-,14+/m1/s1. The Labute approximate surface area is 142 Å². The van der Waals surface area contributed by atoms with Crippen molar-refractivity contribution in [2.45, 2.75) is 56.7 Å². The van der Waals surface area contributed by atoms with Gasteiger partial charge in [-0.3, -0.25) is 14.3 Å². The van der Waals surface area contributed by atoms with E-state index < -0.39 is 8.07 Å². The van der Waals surface area contributed by atoms with E-state index in [1.807, 2.05) is 11.8 Å². The third-order valence-electron chi connectivity index (χ3n) is 4.56. The van der Waals surface area contributed by atoms with Crippen LogP contribution >= 0.6 is 11.8 Å². The molecule has 130 valence electrons. The topological polar surface area (TPSA) is 75.1 Å². The zero-order valence-electron chi connectivity index (χ0n) is 14.5. The molecule has 1 aromatic rings. The number of hydrogen-bond donors (Lipinski definition) is 2. The van der Waals surface area contributed by atoms with Crippen LogP contribution in [-0.4, -0.2) is 40.3 Å². The number of aromatic amines is 1. The highest BCUT2D eigenvalue weighted by Gasteiger charge is 2.35. The molecule has 2 rings (SSSR count). The van der Waals surface area contributed by atoms with Crippen molar-refractivity contribution in [3.05, 3.63) is 32.6 Å². The zero-order chi connectivity index (χ0) is 17.2. The number of thioether (sulfide) groups is 1. The summed E-state index contributed by atoms with van der Waals surface area (Å²) in [5, 5.41) is 10.1. The fourth-order valence-corrected chi connectivity index (χ4v) is 7.11. The van der Waals surface area contributed by atoms with Gasteiger partial charge < -0.3 is 5.11 Å². The minimum absolute atomic E-state index is 0.0691. The molecule has 5 nitrogen and oxygen atoms in total. The van der Waals surface area contributed by atoms with E-state index in [1.165, 1.54) is 6.04 Å². The van der Waals surface area contributed by atoms with Crippen LogP contribution in [0.25, 0.3) is 0 Å². The monoisotopic (exact) mass is 356 g/mol. The van der Waals surface area contributed by atoms with E-state index >= 15 is 0 Å². The summed E-state index contributed by atoms with van der Waals surface area (Å²) in [5.74, 6) is 1.36. The number of hydrogen-bond acceptors (Lipinski definition) is 4. The largest absolute Gasteiger partial charge is 0.396 e. The number of nitrogens with one attached hydrogen (secondary N) is 1. The van der Waals surface area contributed by atoms with Gasteiger partial charge in [0.15, 0.2) is 0 Å². The highest BCUT2D eigenvalue weighted by Crippen LogP contribution is 2.41. The van der Waals surface area contributed by atoms with Crippen molar-refractivity contribution in [2.24, 2.45) is 5.92 Å². The third-order valence-corrected chi connectivity index (χ3v) is 8.12. The number of rotatable bonds is 6. The lowest BCUT2D eigenvalue weighted by Crippen LogP contribution is -2.32. The molecule has 1 aliphatic carbocycles. The molecule has 0 radical (unpaired) electrons. The Balaban J connectivity index is 2.08. The lowest BCUT2D eigenvalue weighted by molar-refractivity contribution is 0.228. The fraction of sp³-hybridized carbons (Fsp3) is 0.750. The Morgan fingerprint density at radius 3 is 2.65 bits per heavy atom. The summed E-state index contributed by atoms with van der Waals surface area (Å²) >= 11 is 1.94. The summed E-state index contributed by atoms with van der Waals surface area (Å²) in [5.41, 5.74) is -0.0981. The van der Waals surface area contributed by atoms with Crippen molar-refractivity contribution in [3.63, 3.8) is 0 Å². The summed E-state index contributed by atoms with van der Waals surface area (Å²) in [6.45, 7) is 9.00. The Bertz CT molecular complexity index is 650. The molecule has 0 unspecified atom stereocenters. The molecular formula is C16H28N2O3SSi. The second-order valence-corrected chi connectivity index (χ2v) is 14.7. The summed E-state index contributed by atoms with van der Waals surface area (Å²) in [4.78, 5) is 26.0. The molecular weight excluding hydrogens is 328 g/mol. The van der Waals surface area contributed by atoms with Crippen LogP contribution in [0.3, 0.4) is 0 Å². The van der Waals surface area contributed by atoms with E-state index in [1.54, 1.807) is 17.7 Å². The molecule has 0 saturated heterocycles. The minimum atomic E-state index is -1.04. The van der Waals surface area contributed by atoms with Gasteiger partial charge >= 0.3 is 5.69 Å². The van der Waals surface area contributed by atoms with Crippen LogP contribution in [0, 0.1) is 12.8 Å². The average molecular weight is 357 g/mol. The smallest absolute Gasteiger partial charge is 0.328 e. The van der Waals surface area contributed by atoms with Crippen LogP contribution in [0.4, 0.5) is 0 Å². The number of aryl methyl sites for hydroxylation is 1. The second-order valence-electron chi connectivity index (χ2n) is 7.77. The van der Waals surface area contributed by atoms with Gasteiger partial charge in [-0.2, -0.15) is 11.8 Å². The molecule has 0 aromatic carbocycles. The van der Waals surface area contributed by atoms with Crippen LogP contribution in [0.5, 0.6) is 0 Å². The predicted octanol–water partition coefficient (Wildman–Crippen LogP) is 2.23. The normalized spacial score (nSPS) is 25.0. The quantitative estimate of drug-likeness (QED) is 0.767. The number of aliphatic hydroxyl groups is 1. The zero-order valence-corrected chi connectivity index (χ0v) is 16.3. The van der Waals surface area contributed by atoms with Gasteiger partial charge in [0.05, 0.1) is 0 Å². The highest BCUT2D eigenvalue weighted by molar-refractivity contribution is 8.00. The number of aromatic nitrogens is 2. The SMILES string of the molecule is Cc1cn([C@@H]2C[C@H](CO)[C@@H](SCC[Si](C)(C)C)C2)c(=O)[nH]c1=O. The van der Waals surface area contributed by atoms with Gasteiger partial charge in [-0.25, -0.2) is 4.79 Å². The number of nitrogens with zero attached hydrogens (tertiary/aromatic N) is 1. The van der Waals surface area contributed by atoms with E-state index in [4.69, 9.17) is 0 Å². The summed E-state index contributed by atoms with van der Waals surface area (Å²) in [7, 11) is -1.04. The number of H-pyrrole nitrogens is 1. The molecule has 1 heterocycles. The van der Waals surface area contributed by atoms with Crippen molar-refractivity contribution < 1.29 is 5.11 Å². The molecule has 3 atom stereocenters. The summed E-state index contributed by atoms with van der Waals surface area (Å²) < 4.78 is 1.65. The maximum atomic E-state index is 12.1. The maximum Gasteiger partial charge on any atom is 0.328 e. The van der Waals surface area contributed by atoms with Gasteiger partial charge in [-0.1, -0.05) is 19.6 Å². The van der Waals surface area contributed by atoms with Gasteiger partial charge in [0.2, 0.25) is 0 Å². The van der Waals surface area contributed by atoms with Gasteiger partial charge in [-0.05, 0) is 37.5 Å². The van der Waals surface area contributed by atoms with Crippen LogP contribution in [0.15, 0.2) is 15.8 Å². The average Bonchev–Trinajstić information content (AvgIpc) is 2.84. The number of aliphatic hydroxyl groups excluding tert-OH is 1. The first-order chi connectivity index (χ1) is 10.7. The van der Waals surface area contributed by atoms with E-state index in [-0.39, 0.29) is 29.8 Å². The highest BCUT2D eigenvalue weighted by atomic mass is 32.2. The van der Waals surface area contributed by atoms with E-state index in [9.17, 15) is 14.7 Å². The second kappa shape index (κ2) is 7.40. The van der Waals surface area contributed by atoms with Crippen molar-refractivity contribution >= 4 is 19.8 Å². The maximum absolute atomic E-state index is 12.1. The Kier molecular flexibility index (Phi) is 5.97. The van der Waals surface area contributed by atoms with Crippen molar-refractivity contribution in [1.29, 1.82) is 0 Å². The van der Waals surface area contributed by atoms with Crippen molar-refractivity contribution in [1.82, 2.24) is 9.55 Å². The van der Waals surface area contributed by atoms with Crippen molar-refractivity contribution in [2.75, 3.05) is 12.4 Å². The molecule has 0 bridgehead atoms. The third kappa shape index (κ3) is 4.84. The Morgan fingerprint density at radius 1 is 1.35 bits per heavy atom. The Morgan fingerprint density at radius 2 is 2.04 bits per heavy atom. The molecule has 1 aliphatic rings. The fourth-order valence-electron chi connectivity index (χ4n) is 3.06. The van der Waals surface area contributed by atoms with Crippen LogP contribution in [0.2, 0.25) is 25.7 Å². The van der Waals surface area contributed by atoms with E-state index in [0.717, 1.165) is 18.6 Å². The minimum Gasteiger partial charge on any atom is -0.396 e. The van der Waals surface area contributed by atoms with Gasteiger partial charge in [0, 0.05) is 37.7 Å². The van der Waals surface area contributed by atoms with E-state index in [2.05, 4.69) is 24.6 Å². The molecule has 23 heavy (non-hydrogen) atoms. The lowest BCUT2D eigenvalue weighted by atomic mass is 10.1. The first-order valence-corrected chi connectivity index (χ1v) is 13.0. The molecule has 0 amide bonds. The molecule has 0 spiro atoms. The van der Waals surface area contributed by atoms with Gasteiger partial charge in [-0.15, -0.1) is 0 Å². The molecule has 7 heteroatoms. The summed E-state index contributed by atoms with van der Waals surface area (Å²) in [6, 6.07) is 1.34. The van der Waals surface area contributed by atoms with Crippen molar-refractivity contribution in [3.8, 4) is 0 Å². The van der Waals surface area contributed by atoms with Crippen LogP contribution < -0.4 is 11.2 Å². The van der Waals surface area contributed by atoms with E-state index in [0.29, 0.717) is 10.8 Å². The lowest BCUT2D eigenvalue weighted by Gasteiger charge is -2.20. The molecule has 1 fully saturated rings. The Hall–Kier alpha value is -0.793. The van der Waals surface area contributed by atoms with Crippen LogP contribution in [-0.2, 0) is 0 Å². The predicted molar refractivity (Wildman–Crippen MR) is 99.3 cm³/mol. The molecule has 2 N–H and O–H groups in total. The molecule has 0 aliphatic heterocycles. The molecule has 1 aromatic heterocycles. The van der Waals surface area contributed by atoms with Crippen LogP contribution in [0.1, 0.15) is 24.4 Å². The first kappa shape index (κ1) is 18.5.